The number of rotatable bonds is 5. The van der Waals surface area contributed by atoms with E-state index in [1.54, 1.807) is 24.3 Å². The number of anilines is 4. The third-order valence-corrected chi connectivity index (χ3v) is 4.48. The summed E-state index contributed by atoms with van der Waals surface area (Å²) in [6, 6.07) is 14.7. The minimum Gasteiger partial charge on any atom is -0.335 e. The average molecular weight is 397 g/mol. The van der Waals surface area contributed by atoms with Crippen molar-refractivity contribution in [2.75, 3.05) is 10.6 Å². The first-order chi connectivity index (χ1) is 14.4. The summed E-state index contributed by atoms with van der Waals surface area (Å²) in [6.07, 6.45) is 1.51. The summed E-state index contributed by atoms with van der Waals surface area (Å²) >= 11 is 0. The molecule has 1 heterocycles. The van der Waals surface area contributed by atoms with Crippen LogP contribution in [0, 0.1) is 36.5 Å². The van der Waals surface area contributed by atoms with Gasteiger partial charge in [-0.25, -0.2) is 5.10 Å². The molecule has 0 amide bonds. The summed E-state index contributed by atoms with van der Waals surface area (Å²) in [5.74, 6) is 0.311. The summed E-state index contributed by atoms with van der Waals surface area (Å²) < 4.78 is 0. The second-order valence-corrected chi connectivity index (χ2v) is 6.72. The van der Waals surface area contributed by atoms with E-state index in [9.17, 15) is 4.79 Å². The highest BCUT2D eigenvalue weighted by molar-refractivity contribution is 5.73. The smallest absolute Gasteiger partial charge is 0.307 e. The van der Waals surface area contributed by atoms with Gasteiger partial charge in [-0.05, 0) is 79.4 Å². The molecule has 1 aromatic heterocycles. The monoisotopic (exact) mass is 397 g/mol. The Labute approximate surface area is 173 Å². The van der Waals surface area contributed by atoms with Crippen molar-refractivity contribution < 1.29 is 0 Å². The van der Waals surface area contributed by atoms with Gasteiger partial charge in [0.15, 0.2) is 0 Å². The third-order valence-electron chi connectivity index (χ3n) is 4.48. The van der Waals surface area contributed by atoms with E-state index < -0.39 is 5.56 Å². The van der Waals surface area contributed by atoms with Crippen molar-refractivity contribution in [2.24, 2.45) is 0 Å². The van der Waals surface area contributed by atoms with Crippen molar-refractivity contribution in [3.8, 4) is 12.1 Å². The summed E-state index contributed by atoms with van der Waals surface area (Å²) in [6.45, 7) is 5.77. The second-order valence-electron chi connectivity index (χ2n) is 6.72. The SMILES string of the molecule is CC(=CC#N)c1cc(C)c(Nc2n[nH]c(=O)c(Nc3ccc(C#N)cc3)n2)c(C)c1. The largest absolute Gasteiger partial charge is 0.335 e. The van der Waals surface area contributed by atoms with Gasteiger partial charge in [0.05, 0.1) is 17.7 Å². The molecule has 0 saturated heterocycles. The Hall–Kier alpha value is -4.43. The van der Waals surface area contributed by atoms with E-state index in [1.807, 2.05) is 45.0 Å². The molecule has 0 aliphatic rings. The van der Waals surface area contributed by atoms with Gasteiger partial charge < -0.3 is 10.6 Å². The lowest BCUT2D eigenvalue weighted by Crippen LogP contribution is -2.17. The van der Waals surface area contributed by atoms with Crippen LogP contribution in [0.2, 0.25) is 0 Å². The zero-order chi connectivity index (χ0) is 21.7. The van der Waals surface area contributed by atoms with Crippen molar-refractivity contribution in [1.29, 1.82) is 10.5 Å². The lowest BCUT2D eigenvalue weighted by Gasteiger charge is -2.14. The van der Waals surface area contributed by atoms with Gasteiger partial charge in [0.25, 0.3) is 0 Å². The molecule has 0 aliphatic carbocycles. The van der Waals surface area contributed by atoms with E-state index in [0.29, 0.717) is 11.3 Å². The van der Waals surface area contributed by atoms with Crippen LogP contribution in [-0.4, -0.2) is 15.2 Å². The minimum absolute atomic E-state index is 0.0805. The van der Waals surface area contributed by atoms with Crippen LogP contribution in [0.3, 0.4) is 0 Å². The fourth-order valence-corrected chi connectivity index (χ4v) is 2.92. The van der Waals surface area contributed by atoms with Crippen molar-refractivity contribution in [3.05, 3.63) is 75.1 Å². The number of H-pyrrole nitrogens is 1. The zero-order valence-corrected chi connectivity index (χ0v) is 16.7. The summed E-state index contributed by atoms with van der Waals surface area (Å²) in [7, 11) is 0. The molecule has 3 N–H and O–H groups in total. The van der Waals surface area contributed by atoms with Crippen LogP contribution in [0.25, 0.3) is 5.57 Å². The fraction of sp³-hybridized carbons (Fsp3) is 0.136. The number of aryl methyl sites for hydroxylation is 2. The molecule has 0 saturated carbocycles. The third kappa shape index (κ3) is 4.51. The van der Waals surface area contributed by atoms with E-state index in [2.05, 4.69) is 25.8 Å². The van der Waals surface area contributed by atoms with Crippen molar-refractivity contribution in [1.82, 2.24) is 15.2 Å². The van der Waals surface area contributed by atoms with E-state index in [-0.39, 0.29) is 11.8 Å². The molecule has 8 nitrogen and oxygen atoms in total. The van der Waals surface area contributed by atoms with Gasteiger partial charge in [-0.1, -0.05) is 0 Å². The van der Waals surface area contributed by atoms with Gasteiger partial charge >= 0.3 is 5.56 Å². The molecule has 30 heavy (non-hydrogen) atoms. The summed E-state index contributed by atoms with van der Waals surface area (Å²) in [5.41, 5.74) is 5.24. The van der Waals surface area contributed by atoms with E-state index in [4.69, 9.17) is 10.5 Å². The lowest BCUT2D eigenvalue weighted by atomic mass is 9.99. The Morgan fingerprint density at radius 1 is 1.10 bits per heavy atom. The lowest BCUT2D eigenvalue weighted by molar-refractivity contribution is 0.944. The number of allylic oxidation sites excluding steroid dienone is 2. The van der Waals surface area contributed by atoms with Gasteiger partial charge in [-0.3, -0.25) is 4.79 Å². The van der Waals surface area contributed by atoms with E-state index >= 15 is 0 Å². The summed E-state index contributed by atoms with van der Waals surface area (Å²) in [4.78, 5) is 16.4. The highest BCUT2D eigenvalue weighted by Crippen LogP contribution is 2.27. The van der Waals surface area contributed by atoms with Crippen LogP contribution in [-0.2, 0) is 0 Å². The highest BCUT2D eigenvalue weighted by atomic mass is 16.1. The zero-order valence-electron chi connectivity index (χ0n) is 16.7. The van der Waals surface area contributed by atoms with Gasteiger partial charge in [-0.15, -0.1) is 5.10 Å². The van der Waals surface area contributed by atoms with Crippen LogP contribution in [0.4, 0.5) is 23.1 Å². The Morgan fingerprint density at radius 3 is 2.37 bits per heavy atom. The maximum absolute atomic E-state index is 12.1. The molecule has 0 fully saturated rings. The van der Waals surface area contributed by atoms with Gasteiger partial charge in [0.1, 0.15) is 0 Å². The van der Waals surface area contributed by atoms with Crippen LogP contribution in [0.15, 0.2) is 47.3 Å². The van der Waals surface area contributed by atoms with Crippen LogP contribution in [0.1, 0.15) is 29.2 Å². The minimum atomic E-state index is -0.467. The number of nitriles is 2. The second kappa shape index (κ2) is 8.72. The fourth-order valence-electron chi connectivity index (χ4n) is 2.92. The molecule has 2 aromatic carbocycles. The molecule has 0 bridgehead atoms. The number of hydrogen-bond acceptors (Lipinski definition) is 7. The number of hydrogen-bond donors (Lipinski definition) is 3. The highest BCUT2D eigenvalue weighted by Gasteiger charge is 2.11. The number of nitrogens with one attached hydrogen (secondary N) is 3. The van der Waals surface area contributed by atoms with Gasteiger partial charge in [-0.2, -0.15) is 15.5 Å². The van der Waals surface area contributed by atoms with Crippen molar-refractivity contribution in [3.63, 3.8) is 0 Å². The standard InChI is InChI=1S/C22H19N7O/c1-13(8-9-23)17-10-14(2)19(15(3)11-17)26-22-27-20(21(30)28-29-22)25-18-6-4-16(12-24)5-7-18/h4-8,10-11H,1-3H3,(H,28,30)(H2,25,26,27,29). The number of aromatic amines is 1. The Morgan fingerprint density at radius 2 is 1.77 bits per heavy atom. The number of nitrogens with zero attached hydrogens (tertiary/aromatic N) is 4. The molecule has 3 rings (SSSR count). The average Bonchev–Trinajstić information content (AvgIpc) is 2.73. The van der Waals surface area contributed by atoms with Crippen molar-refractivity contribution in [2.45, 2.75) is 20.8 Å². The predicted molar refractivity (Wildman–Crippen MR) is 116 cm³/mol. The molecular formula is C22H19N7O. The molecule has 3 aromatic rings. The molecule has 0 unspecified atom stereocenters. The van der Waals surface area contributed by atoms with Gasteiger partial charge in [0, 0.05) is 17.5 Å². The molecule has 148 valence electrons. The van der Waals surface area contributed by atoms with Crippen molar-refractivity contribution >= 4 is 28.7 Å². The normalized spacial score (nSPS) is 10.8. The van der Waals surface area contributed by atoms with Crippen LogP contribution >= 0.6 is 0 Å². The Kier molecular flexibility index (Phi) is 5.90. The first-order valence-corrected chi connectivity index (χ1v) is 9.10. The first-order valence-electron chi connectivity index (χ1n) is 9.10. The molecule has 0 atom stereocenters. The maximum atomic E-state index is 12.1. The molecule has 0 radical (unpaired) electrons. The molecule has 0 aliphatic heterocycles. The number of benzene rings is 2. The summed E-state index contributed by atoms with van der Waals surface area (Å²) in [5, 5.41) is 30.2. The quantitative estimate of drug-likeness (QED) is 0.553. The van der Waals surface area contributed by atoms with Gasteiger partial charge in [0.2, 0.25) is 11.8 Å². The van der Waals surface area contributed by atoms with E-state index in [1.165, 1.54) is 6.08 Å². The number of aromatic nitrogens is 3. The van der Waals surface area contributed by atoms with Crippen LogP contribution in [0.5, 0.6) is 0 Å². The molecule has 8 heteroatoms. The maximum Gasteiger partial charge on any atom is 0.307 e. The van der Waals surface area contributed by atoms with E-state index in [0.717, 1.165) is 28.0 Å². The topological polar surface area (TPSA) is 130 Å². The molecular weight excluding hydrogens is 378 g/mol. The van der Waals surface area contributed by atoms with Crippen LogP contribution < -0.4 is 16.2 Å². The molecule has 0 spiro atoms. The Bertz CT molecular complexity index is 1240. The Balaban J connectivity index is 1.88. The first kappa shape index (κ1) is 20.3. The predicted octanol–water partition coefficient (Wildman–Crippen LogP) is 4.07.